The number of carbonyl (C=O) groups excluding carboxylic acids is 3. The van der Waals surface area contributed by atoms with Gasteiger partial charge in [0, 0.05) is 6.04 Å². The highest BCUT2D eigenvalue weighted by atomic mass is 16.5. The van der Waals surface area contributed by atoms with E-state index >= 15 is 0 Å². The van der Waals surface area contributed by atoms with Gasteiger partial charge in [0.25, 0.3) is 11.8 Å². The zero-order valence-electron chi connectivity index (χ0n) is 16.0. The second-order valence-electron chi connectivity index (χ2n) is 7.67. The van der Waals surface area contributed by atoms with Gasteiger partial charge in [-0.3, -0.25) is 9.59 Å². The van der Waals surface area contributed by atoms with Crippen LogP contribution in [-0.4, -0.2) is 35.5 Å². The van der Waals surface area contributed by atoms with Crippen LogP contribution < -0.4 is 15.4 Å². The molecule has 7 heteroatoms. The van der Waals surface area contributed by atoms with Gasteiger partial charge in [-0.1, -0.05) is 19.3 Å². The van der Waals surface area contributed by atoms with Crippen molar-refractivity contribution in [3.8, 4) is 5.75 Å². The Hall–Kier alpha value is -2.57. The van der Waals surface area contributed by atoms with E-state index in [9.17, 15) is 14.4 Å². The molecule has 2 N–H and O–H groups in total. The molecule has 0 unspecified atom stereocenters. The molecule has 3 rings (SSSR count). The highest BCUT2D eigenvalue weighted by molar-refractivity contribution is 6.02. The van der Waals surface area contributed by atoms with Gasteiger partial charge in [0.2, 0.25) is 0 Å². The SMILES string of the molecule is C[C@H](OC(=O)c1ccc2c(c1)NC(=O)C(C)(C)O2)C(=O)NC1CCCCC1. The monoisotopic (exact) mass is 374 g/mol. The molecule has 1 aromatic rings. The fourth-order valence-electron chi connectivity index (χ4n) is 3.29. The van der Waals surface area contributed by atoms with Crippen molar-refractivity contribution in [3.05, 3.63) is 23.8 Å². The maximum absolute atomic E-state index is 12.4. The summed E-state index contributed by atoms with van der Waals surface area (Å²) in [6.45, 7) is 4.89. The zero-order chi connectivity index (χ0) is 19.6. The minimum atomic E-state index is -0.971. The first-order valence-electron chi connectivity index (χ1n) is 9.42. The van der Waals surface area contributed by atoms with E-state index in [1.165, 1.54) is 12.5 Å². The fourth-order valence-corrected chi connectivity index (χ4v) is 3.29. The number of benzene rings is 1. The Morgan fingerprint density at radius 3 is 2.67 bits per heavy atom. The lowest BCUT2D eigenvalue weighted by Gasteiger charge is -2.31. The van der Waals surface area contributed by atoms with Crippen molar-refractivity contribution in [3.63, 3.8) is 0 Å². The second-order valence-corrected chi connectivity index (χ2v) is 7.67. The number of fused-ring (bicyclic) bond motifs is 1. The molecule has 1 aliphatic carbocycles. The molecule has 146 valence electrons. The van der Waals surface area contributed by atoms with Crippen molar-refractivity contribution in [1.82, 2.24) is 5.32 Å². The van der Waals surface area contributed by atoms with Gasteiger partial charge in [-0.25, -0.2) is 4.79 Å². The summed E-state index contributed by atoms with van der Waals surface area (Å²) in [6.07, 6.45) is 4.46. The molecular weight excluding hydrogens is 348 g/mol. The molecule has 1 saturated carbocycles. The number of amides is 2. The van der Waals surface area contributed by atoms with Gasteiger partial charge in [-0.15, -0.1) is 0 Å². The van der Waals surface area contributed by atoms with Gasteiger partial charge in [-0.2, -0.15) is 0 Å². The number of hydrogen-bond donors (Lipinski definition) is 2. The topological polar surface area (TPSA) is 93.7 Å². The first-order chi connectivity index (χ1) is 12.8. The Morgan fingerprint density at radius 2 is 1.96 bits per heavy atom. The number of ether oxygens (including phenoxy) is 2. The number of anilines is 1. The molecule has 2 amide bonds. The predicted molar refractivity (Wildman–Crippen MR) is 99.7 cm³/mol. The molecule has 1 aromatic carbocycles. The van der Waals surface area contributed by atoms with Crippen LogP contribution in [0.2, 0.25) is 0 Å². The average molecular weight is 374 g/mol. The van der Waals surface area contributed by atoms with E-state index in [1.807, 2.05) is 0 Å². The fraction of sp³-hybridized carbons (Fsp3) is 0.550. The Bertz CT molecular complexity index is 753. The molecule has 0 bridgehead atoms. The molecule has 0 radical (unpaired) electrons. The molecule has 27 heavy (non-hydrogen) atoms. The van der Waals surface area contributed by atoms with Crippen molar-refractivity contribution >= 4 is 23.5 Å². The Balaban J connectivity index is 1.61. The number of nitrogens with one attached hydrogen (secondary N) is 2. The molecule has 1 atom stereocenters. The van der Waals surface area contributed by atoms with Crippen LogP contribution in [0, 0.1) is 0 Å². The molecule has 7 nitrogen and oxygen atoms in total. The smallest absolute Gasteiger partial charge is 0.338 e. The zero-order valence-corrected chi connectivity index (χ0v) is 16.0. The van der Waals surface area contributed by atoms with Gasteiger partial charge in [0.1, 0.15) is 5.75 Å². The Morgan fingerprint density at radius 1 is 1.26 bits per heavy atom. The van der Waals surface area contributed by atoms with Gasteiger partial charge in [-0.05, 0) is 51.8 Å². The molecule has 0 saturated heterocycles. The number of hydrogen-bond acceptors (Lipinski definition) is 5. The normalized spacial score (nSPS) is 19.9. The maximum atomic E-state index is 12.4. The summed E-state index contributed by atoms with van der Waals surface area (Å²) in [5, 5.41) is 5.67. The van der Waals surface area contributed by atoms with E-state index in [2.05, 4.69) is 10.6 Å². The van der Waals surface area contributed by atoms with Gasteiger partial charge < -0.3 is 20.1 Å². The van der Waals surface area contributed by atoms with Crippen LogP contribution in [0.1, 0.15) is 63.2 Å². The highest BCUT2D eigenvalue weighted by Gasteiger charge is 2.35. The first kappa shape index (κ1) is 19.2. The number of esters is 1. The minimum absolute atomic E-state index is 0.159. The summed E-state index contributed by atoms with van der Waals surface area (Å²) in [4.78, 5) is 36.7. The predicted octanol–water partition coefficient (Wildman–Crippen LogP) is 2.79. The van der Waals surface area contributed by atoms with Crippen LogP contribution in [0.15, 0.2) is 18.2 Å². The number of rotatable bonds is 4. The molecule has 0 aromatic heterocycles. The third-order valence-electron chi connectivity index (χ3n) is 4.98. The molecule has 1 aliphatic heterocycles. The van der Waals surface area contributed by atoms with E-state index in [0.29, 0.717) is 11.4 Å². The van der Waals surface area contributed by atoms with Crippen molar-refractivity contribution < 1.29 is 23.9 Å². The first-order valence-corrected chi connectivity index (χ1v) is 9.42. The quantitative estimate of drug-likeness (QED) is 0.791. The van der Waals surface area contributed by atoms with Gasteiger partial charge >= 0.3 is 5.97 Å². The third-order valence-corrected chi connectivity index (χ3v) is 4.98. The van der Waals surface area contributed by atoms with E-state index in [0.717, 1.165) is 25.7 Å². The summed E-state index contributed by atoms with van der Waals surface area (Å²) in [6, 6.07) is 4.82. The van der Waals surface area contributed by atoms with E-state index in [-0.39, 0.29) is 23.4 Å². The van der Waals surface area contributed by atoms with Gasteiger partial charge in [0.05, 0.1) is 11.3 Å². The van der Waals surface area contributed by atoms with Crippen LogP contribution in [0.25, 0.3) is 0 Å². The summed E-state index contributed by atoms with van der Waals surface area (Å²) >= 11 is 0. The summed E-state index contributed by atoms with van der Waals surface area (Å²) in [7, 11) is 0. The van der Waals surface area contributed by atoms with Crippen LogP contribution in [0.4, 0.5) is 5.69 Å². The maximum Gasteiger partial charge on any atom is 0.338 e. The van der Waals surface area contributed by atoms with E-state index < -0.39 is 17.7 Å². The lowest BCUT2D eigenvalue weighted by atomic mass is 9.95. The number of carbonyl (C=O) groups is 3. The van der Waals surface area contributed by atoms with E-state index in [1.54, 1.807) is 32.9 Å². The van der Waals surface area contributed by atoms with Crippen LogP contribution in [0.5, 0.6) is 5.75 Å². The second kappa shape index (κ2) is 7.58. The van der Waals surface area contributed by atoms with E-state index in [4.69, 9.17) is 9.47 Å². The summed E-state index contributed by atoms with van der Waals surface area (Å²) in [5.41, 5.74) is -0.316. The lowest BCUT2D eigenvalue weighted by Crippen LogP contribution is -2.45. The highest BCUT2D eigenvalue weighted by Crippen LogP contribution is 2.34. The van der Waals surface area contributed by atoms with Crippen molar-refractivity contribution in [2.24, 2.45) is 0 Å². The largest absolute Gasteiger partial charge is 0.476 e. The molecular formula is C20H26N2O5. The molecule has 0 spiro atoms. The third kappa shape index (κ3) is 4.40. The van der Waals surface area contributed by atoms with Crippen molar-refractivity contribution in [2.45, 2.75) is 70.6 Å². The van der Waals surface area contributed by atoms with Crippen LogP contribution in [-0.2, 0) is 14.3 Å². The molecule has 1 fully saturated rings. The van der Waals surface area contributed by atoms with Crippen molar-refractivity contribution in [2.75, 3.05) is 5.32 Å². The van der Waals surface area contributed by atoms with Crippen LogP contribution >= 0.6 is 0 Å². The van der Waals surface area contributed by atoms with Crippen molar-refractivity contribution in [1.29, 1.82) is 0 Å². The Kier molecular flexibility index (Phi) is 5.39. The summed E-state index contributed by atoms with van der Waals surface area (Å²) in [5.74, 6) is -0.713. The molecule has 2 aliphatic rings. The molecule has 1 heterocycles. The lowest BCUT2D eigenvalue weighted by molar-refractivity contribution is -0.130. The Labute approximate surface area is 158 Å². The average Bonchev–Trinajstić information content (AvgIpc) is 2.62. The minimum Gasteiger partial charge on any atom is -0.476 e. The standard InChI is InChI=1S/C20H26N2O5/c1-12(17(23)21-14-7-5-4-6-8-14)26-18(24)13-9-10-16-15(11-13)22-19(25)20(2,3)27-16/h9-12,14H,4-8H2,1-3H3,(H,21,23)(H,22,25)/t12-/m0/s1. The van der Waals surface area contributed by atoms with Gasteiger partial charge in [0.15, 0.2) is 11.7 Å². The van der Waals surface area contributed by atoms with Crippen LogP contribution in [0.3, 0.4) is 0 Å². The summed E-state index contributed by atoms with van der Waals surface area (Å²) < 4.78 is 10.9.